The number of H-pyrrole nitrogens is 1. The first-order valence-corrected chi connectivity index (χ1v) is 10.6. The topological polar surface area (TPSA) is 70.6 Å². The number of aromatic nitrogens is 5. The number of fused-ring (bicyclic) bond motifs is 2. The first-order valence-electron chi connectivity index (χ1n) is 9.44. The summed E-state index contributed by atoms with van der Waals surface area (Å²) in [7, 11) is 0. The molecule has 1 aliphatic rings. The molecule has 0 amide bonds. The van der Waals surface area contributed by atoms with Crippen LogP contribution in [0, 0.1) is 0 Å². The molecule has 28 heavy (non-hydrogen) atoms. The van der Waals surface area contributed by atoms with Crippen LogP contribution in [0.25, 0.3) is 22.1 Å². The molecule has 5 heterocycles. The highest BCUT2D eigenvalue weighted by molar-refractivity contribution is 7.99. The van der Waals surface area contributed by atoms with Gasteiger partial charge in [0, 0.05) is 36.1 Å². The molecule has 0 bridgehead atoms. The summed E-state index contributed by atoms with van der Waals surface area (Å²) >= 11 is 8.15. The van der Waals surface area contributed by atoms with Crippen LogP contribution in [0.3, 0.4) is 0 Å². The summed E-state index contributed by atoms with van der Waals surface area (Å²) in [4.78, 5) is 25.2. The molecule has 0 spiro atoms. The lowest BCUT2D eigenvalue weighted by atomic mass is 10.3. The van der Waals surface area contributed by atoms with E-state index in [-0.39, 0.29) is 0 Å². The Hall–Kier alpha value is -2.38. The van der Waals surface area contributed by atoms with Gasteiger partial charge in [-0.2, -0.15) is 0 Å². The van der Waals surface area contributed by atoms with E-state index in [0.29, 0.717) is 5.16 Å². The Kier molecular flexibility index (Phi) is 4.56. The van der Waals surface area contributed by atoms with Crippen molar-refractivity contribution in [3.05, 3.63) is 41.3 Å². The van der Waals surface area contributed by atoms with Crippen molar-refractivity contribution in [2.45, 2.75) is 36.2 Å². The summed E-state index contributed by atoms with van der Waals surface area (Å²) in [5.74, 6) is 0.929. The fourth-order valence-corrected chi connectivity index (χ4v) is 4.72. The van der Waals surface area contributed by atoms with Gasteiger partial charge in [0.2, 0.25) is 0 Å². The second kappa shape index (κ2) is 7.22. The second-order valence-corrected chi connectivity index (χ2v) is 8.25. The summed E-state index contributed by atoms with van der Waals surface area (Å²) in [5, 5.41) is 2.36. The van der Waals surface area contributed by atoms with Gasteiger partial charge in [0.15, 0.2) is 5.16 Å². The zero-order valence-corrected chi connectivity index (χ0v) is 17.0. The predicted octanol–water partition coefficient (Wildman–Crippen LogP) is 4.87. The molecule has 0 aliphatic carbocycles. The van der Waals surface area contributed by atoms with E-state index in [4.69, 9.17) is 21.6 Å². The molecule has 0 radical (unpaired) electrons. The van der Waals surface area contributed by atoms with E-state index in [9.17, 15) is 0 Å². The molecule has 4 aromatic rings. The summed E-state index contributed by atoms with van der Waals surface area (Å²) in [6.07, 6.45) is 6.81. The highest BCUT2D eigenvalue weighted by Gasteiger charge is 2.23. The SMILES string of the molecule is CCc1[nH]c2nc(Sc3cnc4cccnc4c3)nc(N3CCCC3)c2c1Cl. The van der Waals surface area contributed by atoms with E-state index >= 15 is 0 Å². The standard InChI is InChI=1S/C20H19ClN6S/c1-2-13-17(21)16-18(24-13)25-20(26-19(16)27-8-3-4-9-27)28-12-10-15-14(23-11-12)6-5-7-22-15/h5-7,10-11H,2-4,8-9H2,1H3,(H,24,25,26). The Morgan fingerprint density at radius 2 is 2.04 bits per heavy atom. The van der Waals surface area contributed by atoms with E-state index in [0.717, 1.165) is 63.0 Å². The van der Waals surface area contributed by atoms with Gasteiger partial charge >= 0.3 is 0 Å². The number of aryl methyl sites for hydroxylation is 1. The van der Waals surface area contributed by atoms with Crippen LogP contribution in [0.4, 0.5) is 5.82 Å². The Morgan fingerprint density at radius 1 is 1.18 bits per heavy atom. The quantitative estimate of drug-likeness (QED) is 0.484. The summed E-state index contributed by atoms with van der Waals surface area (Å²) in [6, 6.07) is 5.87. The van der Waals surface area contributed by atoms with Crippen LogP contribution < -0.4 is 4.90 Å². The number of nitrogens with zero attached hydrogens (tertiary/aromatic N) is 5. The molecule has 6 nitrogen and oxygen atoms in total. The van der Waals surface area contributed by atoms with Crippen molar-refractivity contribution in [2.75, 3.05) is 18.0 Å². The number of hydrogen-bond donors (Lipinski definition) is 1. The summed E-state index contributed by atoms with van der Waals surface area (Å²) in [5.41, 5.74) is 3.55. The zero-order valence-electron chi connectivity index (χ0n) is 15.4. The Morgan fingerprint density at radius 3 is 2.86 bits per heavy atom. The van der Waals surface area contributed by atoms with Gasteiger partial charge in [-0.3, -0.25) is 9.97 Å². The van der Waals surface area contributed by atoms with Crippen LogP contribution in [-0.2, 0) is 6.42 Å². The molecule has 0 unspecified atom stereocenters. The molecule has 8 heteroatoms. The van der Waals surface area contributed by atoms with E-state index in [1.54, 1.807) is 6.20 Å². The first kappa shape index (κ1) is 17.7. The number of anilines is 1. The van der Waals surface area contributed by atoms with Gasteiger partial charge in [-0.1, -0.05) is 18.5 Å². The van der Waals surface area contributed by atoms with Crippen molar-refractivity contribution in [3.63, 3.8) is 0 Å². The molecule has 1 saturated heterocycles. The third kappa shape index (κ3) is 3.08. The monoisotopic (exact) mass is 410 g/mol. The van der Waals surface area contributed by atoms with Gasteiger partial charge in [-0.15, -0.1) is 0 Å². The average molecular weight is 411 g/mol. The number of hydrogen-bond acceptors (Lipinski definition) is 6. The molecule has 1 fully saturated rings. The van der Waals surface area contributed by atoms with Crippen molar-refractivity contribution in [2.24, 2.45) is 0 Å². The Balaban J connectivity index is 1.60. The van der Waals surface area contributed by atoms with Gasteiger partial charge in [0.05, 0.1) is 21.4 Å². The minimum atomic E-state index is 0.687. The lowest BCUT2D eigenvalue weighted by Gasteiger charge is -2.18. The van der Waals surface area contributed by atoms with E-state index in [2.05, 4.69) is 26.8 Å². The highest BCUT2D eigenvalue weighted by Crippen LogP contribution is 2.37. The van der Waals surface area contributed by atoms with Crippen LogP contribution in [0.1, 0.15) is 25.5 Å². The molecule has 5 rings (SSSR count). The molecule has 0 atom stereocenters. The van der Waals surface area contributed by atoms with Gasteiger partial charge in [0.25, 0.3) is 0 Å². The lowest BCUT2D eigenvalue weighted by Crippen LogP contribution is -2.19. The maximum absolute atomic E-state index is 6.66. The van der Waals surface area contributed by atoms with Gasteiger partial charge in [0.1, 0.15) is 11.5 Å². The van der Waals surface area contributed by atoms with E-state index < -0.39 is 0 Å². The van der Waals surface area contributed by atoms with Crippen molar-refractivity contribution in [3.8, 4) is 0 Å². The van der Waals surface area contributed by atoms with Crippen molar-refractivity contribution in [1.29, 1.82) is 0 Å². The number of aromatic amines is 1. The molecule has 0 saturated carbocycles. The maximum atomic E-state index is 6.66. The van der Waals surface area contributed by atoms with Gasteiger partial charge < -0.3 is 9.88 Å². The van der Waals surface area contributed by atoms with Crippen molar-refractivity contribution >= 4 is 51.2 Å². The van der Waals surface area contributed by atoms with Gasteiger partial charge in [-0.05, 0) is 49.2 Å². The van der Waals surface area contributed by atoms with Crippen LogP contribution in [-0.4, -0.2) is 38.0 Å². The van der Waals surface area contributed by atoms with Crippen LogP contribution in [0.5, 0.6) is 0 Å². The number of rotatable bonds is 4. The average Bonchev–Trinajstić information content (AvgIpc) is 3.36. The van der Waals surface area contributed by atoms with E-state index in [1.807, 2.05) is 24.4 Å². The molecule has 142 valence electrons. The van der Waals surface area contributed by atoms with Crippen LogP contribution >= 0.6 is 23.4 Å². The number of pyridine rings is 2. The third-order valence-corrected chi connectivity index (χ3v) is 6.26. The summed E-state index contributed by atoms with van der Waals surface area (Å²) < 4.78 is 0. The van der Waals surface area contributed by atoms with Crippen LogP contribution in [0.2, 0.25) is 5.02 Å². The second-order valence-electron chi connectivity index (χ2n) is 6.83. The maximum Gasteiger partial charge on any atom is 0.196 e. The minimum Gasteiger partial charge on any atom is -0.356 e. The highest BCUT2D eigenvalue weighted by atomic mass is 35.5. The van der Waals surface area contributed by atoms with E-state index in [1.165, 1.54) is 24.6 Å². The first-order chi connectivity index (χ1) is 13.7. The molecule has 4 aromatic heterocycles. The smallest absolute Gasteiger partial charge is 0.196 e. The largest absolute Gasteiger partial charge is 0.356 e. The molecule has 1 N–H and O–H groups in total. The fraction of sp³-hybridized carbons (Fsp3) is 0.300. The lowest BCUT2D eigenvalue weighted by molar-refractivity contribution is 0.895. The third-order valence-electron chi connectivity index (χ3n) is 5.02. The zero-order chi connectivity index (χ0) is 19.1. The Bertz CT molecular complexity index is 1170. The molecular formula is C20H19ClN6S. The predicted molar refractivity (Wildman–Crippen MR) is 113 cm³/mol. The molecule has 0 aromatic carbocycles. The Labute approximate surface area is 171 Å². The van der Waals surface area contributed by atoms with Gasteiger partial charge in [-0.25, -0.2) is 9.97 Å². The molecular weight excluding hydrogens is 392 g/mol. The normalized spacial score (nSPS) is 14.4. The van der Waals surface area contributed by atoms with Crippen molar-refractivity contribution in [1.82, 2.24) is 24.9 Å². The summed E-state index contributed by atoms with van der Waals surface area (Å²) in [6.45, 7) is 4.09. The number of halogens is 1. The number of nitrogens with one attached hydrogen (secondary N) is 1. The van der Waals surface area contributed by atoms with Crippen LogP contribution in [0.15, 0.2) is 40.6 Å². The van der Waals surface area contributed by atoms with Crippen molar-refractivity contribution < 1.29 is 0 Å². The molecule has 1 aliphatic heterocycles. The minimum absolute atomic E-state index is 0.687. The fourth-order valence-electron chi connectivity index (χ4n) is 3.61.